The van der Waals surface area contributed by atoms with Crippen LogP contribution in [-0.4, -0.2) is 24.9 Å². The van der Waals surface area contributed by atoms with E-state index in [0.717, 1.165) is 11.3 Å². The first kappa shape index (κ1) is 17.1. The summed E-state index contributed by atoms with van der Waals surface area (Å²) in [7, 11) is 0. The molecule has 1 aliphatic rings. The minimum Gasteiger partial charge on any atom is -0.344 e. The predicted molar refractivity (Wildman–Crippen MR) is 98.2 cm³/mol. The van der Waals surface area contributed by atoms with Gasteiger partial charge in [0.15, 0.2) is 0 Å². The van der Waals surface area contributed by atoms with Gasteiger partial charge in [0.2, 0.25) is 11.8 Å². The van der Waals surface area contributed by atoms with E-state index < -0.39 is 5.92 Å². The quantitative estimate of drug-likeness (QED) is 0.682. The molecule has 1 saturated heterocycles. The van der Waals surface area contributed by atoms with E-state index in [4.69, 9.17) is 11.6 Å². The Labute approximate surface area is 151 Å². The Balaban J connectivity index is 1.56. The first-order chi connectivity index (χ1) is 12.1. The molecule has 1 heterocycles. The summed E-state index contributed by atoms with van der Waals surface area (Å²) >= 11 is 5.87. The second-order valence-electron chi connectivity index (χ2n) is 5.69. The maximum atomic E-state index is 12.5. The minimum absolute atomic E-state index is 0.184. The highest BCUT2D eigenvalue weighted by Gasteiger charge is 2.37. The van der Waals surface area contributed by atoms with Crippen LogP contribution in [0.15, 0.2) is 54.6 Å². The number of amides is 2. The Morgan fingerprint density at radius 3 is 2.60 bits per heavy atom. The lowest BCUT2D eigenvalue weighted by atomic mass is 10.1. The van der Waals surface area contributed by atoms with Crippen LogP contribution < -0.4 is 10.2 Å². The molecule has 126 valence electrons. The second-order valence-corrected chi connectivity index (χ2v) is 6.13. The monoisotopic (exact) mass is 352 g/mol. The van der Waals surface area contributed by atoms with Crippen molar-refractivity contribution in [2.24, 2.45) is 5.92 Å². The number of anilines is 1. The van der Waals surface area contributed by atoms with Gasteiger partial charge in [-0.3, -0.25) is 9.59 Å². The second kappa shape index (κ2) is 7.87. The van der Waals surface area contributed by atoms with Gasteiger partial charge in [0.1, 0.15) is 5.92 Å². The molecule has 5 heteroatoms. The van der Waals surface area contributed by atoms with Gasteiger partial charge in [0.25, 0.3) is 0 Å². The predicted octanol–water partition coefficient (Wildman–Crippen LogP) is 2.86. The molecule has 2 amide bonds. The van der Waals surface area contributed by atoms with Crippen LogP contribution in [0.1, 0.15) is 12.0 Å². The van der Waals surface area contributed by atoms with E-state index in [1.54, 1.807) is 29.2 Å². The highest BCUT2D eigenvalue weighted by molar-refractivity contribution is 6.30. The van der Waals surface area contributed by atoms with Crippen molar-refractivity contribution in [3.63, 3.8) is 0 Å². The third kappa shape index (κ3) is 4.20. The standard InChI is InChI=1S/C20H17ClN2O2/c21-16-8-10-17(11-9-16)23-14-12-18(20(23)25)19(24)22-13-4-7-15-5-2-1-3-6-15/h1-3,5-6,8-11,18H,12-14H2,(H,22,24)/t18-/m0/s1. The number of carbonyl (C=O) groups excluding carboxylic acids is 2. The van der Waals surface area contributed by atoms with E-state index in [9.17, 15) is 9.59 Å². The fraction of sp³-hybridized carbons (Fsp3) is 0.200. The first-order valence-corrected chi connectivity index (χ1v) is 8.41. The highest BCUT2D eigenvalue weighted by Crippen LogP contribution is 2.26. The maximum Gasteiger partial charge on any atom is 0.239 e. The van der Waals surface area contributed by atoms with Crippen LogP contribution in [0.3, 0.4) is 0 Å². The lowest BCUT2D eigenvalue weighted by Gasteiger charge is -2.16. The van der Waals surface area contributed by atoms with E-state index >= 15 is 0 Å². The van der Waals surface area contributed by atoms with Crippen LogP contribution in [-0.2, 0) is 9.59 Å². The highest BCUT2D eigenvalue weighted by atomic mass is 35.5. The zero-order chi connectivity index (χ0) is 17.6. The molecule has 1 atom stereocenters. The van der Waals surface area contributed by atoms with Crippen LogP contribution in [0.4, 0.5) is 5.69 Å². The van der Waals surface area contributed by atoms with Gasteiger partial charge in [-0.05, 0) is 42.8 Å². The van der Waals surface area contributed by atoms with E-state index in [1.807, 2.05) is 30.3 Å². The SMILES string of the molecule is O=C(NCC#Cc1ccccc1)[C@@H]1CCN(c2ccc(Cl)cc2)C1=O. The Bertz CT molecular complexity index is 822. The molecular weight excluding hydrogens is 336 g/mol. The van der Waals surface area contributed by atoms with Gasteiger partial charge in [-0.15, -0.1) is 0 Å². The Hall–Kier alpha value is -2.77. The molecule has 1 aliphatic heterocycles. The van der Waals surface area contributed by atoms with Crippen molar-refractivity contribution >= 4 is 29.1 Å². The van der Waals surface area contributed by atoms with E-state index in [-0.39, 0.29) is 18.4 Å². The number of hydrogen-bond acceptors (Lipinski definition) is 2. The molecule has 25 heavy (non-hydrogen) atoms. The molecule has 2 aromatic rings. The number of nitrogens with one attached hydrogen (secondary N) is 1. The summed E-state index contributed by atoms with van der Waals surface area (Å²) in [6.45, 7) is 0.743. The van der Waals surface area contributed by atoms with Gasteiger partial charge in [0.05, 0.1) is 6.54 Å². The van der Waals surface area contributed by atoms with Crippen LogP contribution >= 0.6 is 11.6 Å². The van der Waals surface area contributed by atoms with Gasteiger partial charge in [-0.1, -0.05) is 41.6 Å². The van der Waals surface area contributed by atoms with Crippen molar-refractivity contribution in [2.45, 2.75) is 6.42 Å². The fourth-order valence-corrected chi connectivity index (χ4v) is 2.85. The number of hydrogen-bond donors (Lipinski definition) is 1. The summed E-state index contributed by atoms with van der Waals surface area (Å²) in [5.74, 6) is 4.75. The summed E-state index contributed by atoms with van der Waals surface area (Å²) < 4.78 is 0. The molecule has 0 unspecified atom stereocenters. The Morgan fingerprint density at radius 2 is 1.88 bits per heavy atom. The molecule has 3 rings (SSSR count). The lowest BCUT2D eigenvalue weighted by Crippen LogP contribution is -2.37. The van der Waals surface area contributed by atoms with Gasteiger partial charge in [-0.2, -0.15) is 0 Å². The number of benzene rings is 2. The van der Waals surface area contributed by atoms with Crippen LogP contribution in [0.25, 0.3) is 0 Å². The number of carbonyl (C=O) groups is 2. The molecule has 0 aromatic heterocycles. The molecule has 1 fully saturated rings. The largest absolute Gasteiger partial charge is 0.344 e. The number of rotatable bonds is 3. The van der Waals surface area contributed by atoms with E-state index in [0.29, 0.717) is 18.0 Å². The average molecular weight is 353 g/mol. The molecule has 1 N–H and O–H groups in total. The van der Waals surface area contributed by atoms with Gasteiger partial charge in [0, 0.05) is 22.8 Å². The molecule has 2 aromatic carbocycles. The third-order valence-electron chi connectivity index (χ3n) is 4.02. The summed E-state index contributed by atoms with van der Waals surface area (Å²) in [4.78, 5) is 26.4. The molecule has 4 nitrogen and oxygen atoms in total. The van der Waals surface area contributed by atoms with Crippen LogP contribution in [0, 0.1) is 17.8 Å². The van der Waals surface area contributed by atoms with Crippen LogP contribution in [0.2, 0.25) is 5.02 Å². The van der Waals surface area contributed by atoms with Crippen molar-refractivity contribution < 1.29 is 9.59 Å². The van der Waals surface area contributed by atoms with Crippen molar-refractivity contribution in [1.82, 2.24) is 5.32 Å². The van der Waals surface area contributed by atoms with Crippen molar-refractivity contribution in [3.05, 3.63) is 65.2 Å². The number of nitrogens with zero attached hydrogens (tertiary/aromatic N) is 1. The fourth-order valence-electron chi connectivity index (χ4n) is 2.72. The summed E-state index contributed by atoms with van der Waals surface area (Å²) in [5, 5.41) is 3.34. The zero-order valence-corrected chi connectivity index (χ0v) is 14.3. The molecule has 0 saturated carbocycles. The van der Waals surface area contributed by atoms with Gasteiger partial charge >= 0.3 is 0 Å². The number of halogens is 1. The molecule has 0 bridgehead atoms. The van der Waals surface area contributed by atoms with E-state index in [1.165, 1.54) is 0 Å². The Morgan fingerprint density at radius 1 is 1.16 bits per heavy atom. The molecule has 0 radical (unpaired) electrons. The third-order valence-corrected chi connectivity index (χ3v) is 4.27. The Kier molecular flexibility index (Phi) is 5.37. The van der Waals surface area contributed by atoms with Gasteiger partial charge in [-0.25, -0.2) is 0 Å². The topological polar surface area (TPSA) is 49.4 Å². The minimum atomic E-state index is -0.658. The lowest BCUT2D eigenvalue weighted by molar-refractivity contribution is -0.131. The normalized spacial score (nSPS) is 16.3. The zero-order valence-electron chi connectivity index (χ0n) is 13.5. The first-order valence-electron chi connectivity index (χ1n) is 8.04. The van der Waals surface area contributed by atoms with Crippen molar-refractivity contribution in [2.75, 3.05) is 18.0 Å². The smallest absolute Gasteiger partial charge is 0.239 e. The van der Waals surface area contributed by atoms with Crippen LogP contribution in [0.5, 0.6) is 0 Å². The summed E-state index contributed by atoms with van der Waals surface area (Å²) in [6.07, 6.45) is 0.499. The molecular formula is C20H17ClN2O2. The molecule has 0 aliphatic carbocycles. The van der Waals surface area contributed by atoms with Gasteiger partial charge < -0.3 is 10.2 Å². The summed E-state index contributed by atoms with van der Waals surface area (Å²) in [5.41, 5.74) is 1.65. The van der Waals surface area contributed by atoms with Crippen molar-refractivity contribution in [1.29, 1.82) is 0 Å². The molecule has 0 spiro atoms. The summed E-state index contributed by atoms with van der Waals surface area (Å²) in [6, 6.07) is 16.6. The maximum absolute atomic E-state index is 12.5. The van der Waals surface area contributed by atoms with Crippen molar-refractivity contribution in [3.8, 4) is 11.8 Å². The average Bonchev–Trinajstić information content (AvgIpc) is 3.02. The van der Waals surface area contributed by atoms with E-state index in [2.05, 4.69) is 17.2 Å².